The van der Waals surface area contributed by atoms with Gasteiger partial charge in [-0.3, -0.25) is 9.48 Å². The van der Waals surface area contributed by atoms with Gasteiger partial charge in [-0.05, 0) is 29.7 Å². The number of aromatic nitrogens is 2. The highest BCUT2D eigenvalue weighted by Crippen LogP contribution is 2.11. The van der Waals surface area contributed by atoms with E-state index in [1.807, 2.05) is 55.1 Å². The zero-order valence-corrected chi connectivity index (χ0v) is 13.0. The van der Waals surface area contributed by atoms with Crippen LogP contribution in [-0.2, 0) is 11.3 Å². The molecule has 0 unspecified atom stereocenters. The summed E-state index contributed by atoms with van der Waals surface area (Å²) in [5.41, 5.74) is 7.69. The number of halogens is 1. The second-order valence-corrected chi connectivity index (χ2v) is 5.16. The van der Waals surface area contributed by atoms with E-state index in [-0.39, 0.29) is 24.2 Å². The highest BCUT2D eigenvalue weighted by molar-refractivity contribution is 5.94. The zero-order valence-electron chi connectivity index (χ0n) is 12.2. The van der Waals surface area contributed by atoms with Gasteiger partial charge in [0, 0.05) is 18.1 Å². The van der Waals surface area contributed by atoms with E-state index in [1.165, 1.54) is 0 Å². The molecule has 0 saturated carbocycles. The van der Waals surface area contributed by atoms with Gasteiger partial charge in [0.25, 0.3) is 0 Å². The van der Waals surface area contributed by atoms with Gasteiger partial charge in [-0.15, -0.1) is 12.4 Å². The Morgan fingerprint density at radius 3 is 2.52 bits per heavy atom. The average molecular weight is 309 g/mol. The molecule has 0 saturated heterocycles. The molecule has 1 aromatic heterocycles. The van der Waals surface area contributed by atoms with Crippen LogP contribution in [-0.4, -0.2) is 21.7 Å². The molecular formula is C15H21ClN4O. The van der Waals surface area contributed by atoms with Gasteiger partial charge in [-0.25, -0.2) is 0 Å². The van der Waals surface area contributed by atoms with Gasteiger partial charge >= 0.3 is 0 Å². The standard InChI is InChI=1S/C15H20N4O.ClH/c1-11(2)14(16)15(20)18-13-6-4-12(5-7-13)10-19-9-3-8-17-19;/h3-9,11,14H,10,16H2,1-2H3,(H,18,20);1H/t14-;/m0./s1. The van der Waals surface area contributed by atoms with Crippen LogP contribution in [0.1, 0.15) is 19.4 Å². The Bertz CT molecular complexity index is 552. The SMILES string of the molecule is CC(C)[C@H](N)C(=O)Nc1ccc(Cn2cccn2)cc1.Cl. The van der Waals surface area contributed by atoms with Gasteiger partial charge in [-0.1, -0.05) is 26.0 Å². The number of hydrogen-bond acceptors (Lipinski definition) is 3. The highest BCUT2D eigenvalue weighted by Gasteiger charge is 2.16. The lowest BCUT2D eigenvalue weighted by atomic mass is 10.0. The van der Waals surface area contributed by atoms with E-state index in [9.17, 15) is 4.79 Å². The first-order valence-corrected chi connectivity index (χ1v) is 6.69. The Morgan fingerprint density at radius 1 is 1.33 bits per heavy atom. The number of rotatable bonds is 5. The predicted molar refractivity (Wildman–Crippen MR) is 86.5 cm³/mol. The van der Waals surface area contributed by atoms with Gasteiger partial charge in [-0.2, -0.15) is 5.10 Å². The summed E-state index contributed by atoms with van der Waals surface area (Å²) >= 11 is 0. The molecule has 2 rings (SSSR count). The number of nitrogens with two attached hydrogens (primary N) is 1. The number of carbonyl (C=O) groups is 1. The topological polar surface area (TPSA) is 72.9 Å². The fourth-order valence-corrected chi connectivity index (χ4v) is 1.80. The fourth-order valence-electron chi connectivity index (χ4n) is 1.80. The van der Waals surface area contributed by atoms with Crippen LogP contribution in [0.3, 0.4) is 0 Å². The van der Waals surface area contributed by atoms with Crippen LogP contribution in [0.2, 0.25) is 0 Å². The van der Waals surface area contributed by atoms with Crippen LogP contribution in [0.25, 0.3) is 0 Å². The van der Waals surface area contributed by atoms with E-state index in [4.69, 9.17) is 5.73 Å². The minimum atomic E-state index is -0.487. The van der Waals surface area contributed by atoms with E-state index in [2.05, 4.69) is 10.4 Å². The van der Waals surface area contributed by atoms with Gasteiger partial charge in [0.05, 0.1) is 12.6 Å². The van der Waals surface area contributed by atoms with Gasteiger partial charge in [0.1, 0.15) is 0 Å². The van der Waals surface area contributed by atoms with Crippen molar-refractivity contribution in [1.82, 2.24) is 9.78 Å². The molecule has 21 heavy (non-hydrogen) atoms. The minimum Gasteiger partial charge on any atom is -0.325 e. The number of benzene rings is 1. The number of hydrogen-bond donors (Lipinski definition) is 2. The summed E-state index contributed by atoms with van der Waals surface area (Å²) in [5.74, 6) is -0.0334. The van der Waals surface area contributed by atoms with Gasteiger partial charge in [0.2, 0.25) is 5.91 Å². The molecule has 0 aliphatic carbocycles. The molecule has 1 atom stereocenters. The van der Waals surface area contributed by atoms with E-state index in [1.54, 1.807) is 6.20 Å². The van der Waals surface area contributed by atoms with Crippen molar-refractivity contribution in [1.29, 1.82) is 0 Å². The van der Waals surface area contributed by atoms with Crippen LogP contribution >= 0.6 is 12.4 Å². The van der Waals surface area contributed by atoms with E-state index >= 15 is 0 Å². The number of nitrogens with zero attached hydrogens (tertiary/aromatic N) is 2. The monoisotopic (exact) mass is 308 g/mol. The van der Waals surface area contributed by atoms with Crippen LogP contribution in [0.4, 0.5) is 5.69 Å². The largest absolute Gasteiger partial charge is 0.325 e. The van der Waals surface area contributed by atoms with Crippen molar-refractivity contribution in [2.75, 3.05) is 5.32 Å². The maximum atomic E-state index is 11.8. The Balaban J connectivity index is 0.00000220. The van der Waals surface area contributed by atoms with Crippen LogP contribution in [0.5, 0.6) is 0 Å². The number of amides is 1. The van der Waals surface area contributed by atoms with Crippen molar-refractivity contribution in [2.24, 2.45) is 11.7 Å². The lowest BCUT2D eigenvalue weighted by Gasteiger charge is -2.15. The second-order valence-electron chi connectivity index (χ2n) is 5.16. The Kier molecular flexibility index (Phi) is 6.39. The Labute approximate surface area is 130 Å². The summed E-state index contributed by atoms with van der Waals surface area (Å²) in [6, 6.07) is 9.10. The molecule has 0 spiro atoms. The van der Waals surface area contributed by atoms with E-state index in [0.717, 1.165) is 11.3 Å². The molecule has 1 amide bonds. The molecule has 114 valence electrons. The molecule has 3 N–H and O–H groups in total. The van der Waals surface area contributed by atoms with Gasteiger partial charge in [0.15, 0.2) is 0 Å². The third kappa shape index (κ3) is 4.88. The number of carbonyl (C=O) groups excluding carboxylic acids is 1. The van der Waals surface area contributed by atoms with Crippen molar-refractivity contribution in [2.45, 2.75) is 26.4 Å². The zero-order chi connectivity index (χ0) is 14.5. The highest BCUT2D eigenvalue weighted by atomic mass is 35.5. The molecule has 6 heteroatoms. The molecule has 0 aliphatic rings. The van der Waals surface area contributed by atoms with Crippen molar-refractivity contribution < 1.29 is 4.79 Å². The maximum Gasteiger partial charge on any atom is 0.241 e. The molecule has 1 aromatic carbocycles. The predicted octanol–water partition coefficient (Wildman–Crippen LogP) is 2.27. The van der Waals surface area contributed by atoms with Gasteiger partial charge < -0.3 is 11.1 Å². The smallest absolute Gasteiger partial charge is 0.241 e. The van der Waals surface area contributed by atoms with Crippen molar-refractivity contribution in [3.05, 3.63) is 48.3 Å². The number of anilines is 1. The van der Waals surface area contributed by atoms with Crippen molar-refractivity contribution >= 4 is 24.0 Å². The lowest BCUT2D eigenvalue weighted by molar-refractivity contribution is -0.118. The number of nitrogens with one attached hydrogen (secondary N) is 1. The molecular weight excluding hydrogens is 288 g/mol. The molecule has 1 heterocycles. The molecule has 0 fully saturated rings. The van der Waals surface area contributed by atoms with Crippen molar-refractivity contribution in [3.63, 3.8) is 0 Å². The summed E-state index contributed by atoms with van der Waals surface area (Å²) in [6.07, 6.45) is 3.67. The third-order valence-corrected chi connectivity index (χ3v) is 3.15. The van der Waals surface area contributed by atoms with Crippen LogP contribution in [0.15, 0.2) is 42.7 Å². The van der Waals surface area contributed by atoms with Crippen LogP contribution < -0.4 is 11.1 Å². The summed E-state index contributed by atoms with van der Waals surface area (Å²) in [6.45, 7) is 4.57. The summed E-state index contributed by atoms with van der Waals surface area (Å²) in [5, 5.41) is 6.98. The molecule has 0 aliphatic heterocycles. The minimum absolute atomic E-state index is 0. The molecule has 2 aromatic rings. The summed E-state index contributed by atoms with van der Waals surface area (Å²) < 4.78 is 1.85. The first-order chi connectivity index (χ1) is 9.56. The van der Waals surface area contributed by atoms with Crippen LogP contribution in [0, 0.1) is 5.92 Å². The first kappa shape index (κ1) is 17.2. The maximum absolute atomic E-state index is 11.8. The average Bonchev–Trinajstić information content (AvgIpc) is 2.92. The fraction of sp³-hybridized carbons (Fsp3) is 0.333. The summed E-state index contributed by atoms with van der Waals surface area (Å²) in [4.78, 5) is 11.8. The molecule has 5 nitrogen and oxygen atoms in total. The third-order valence-electron chi connectivity index (χ3n) is 3.15. The van der Waals surface area contributed by atoms with Crippen molar-refractivity contribution in [3.8, 4) is 0 Å². The first-order valence-electron chi connectivity index (χ1n) is 6.69. The molecule has 0 radical (unpaired) electrons. The van der Waals surface area contributed by atoms with E-state index in [0.29, 0.717) is 6.54 Å². The lowest BCUT2D eigenvalue weighted by Crippen LogP contribution is -2.39. The second kappa shape index (κ2) is 7.81. The van der Waals surface area contributed by atoms with E-state index < -0.39 is 6.04 Å². The quantitative estimate of drug-likeness (QED) is 0.890. The summed E-state index contributed by atoms with van der Waals surface area (Å²) in [7, 11) is 0. The Morgan fingerprint density at radius 2 is 2.00 bits per heavy atom. The normalized spacial score (nSPS) is 11.8. The Hall–Kier alpha value is -1.85. The molecule has 0 bridgehead atoms.